The molecule has 11 atom stereocenters. The highest BCUT2D eigenvalue weighted by Crippen LogP contribution is 2.68. The first-order valence-electron chi connectivity index (χ1n) is 21.5. The summed E-state index contributed by atoms with van der Waals surface area (Å²) in [5, 5.41) is 10.3. The fourth-order valence-corrected chi connectivity index (χ4v) is 14.4. The summed E-state index contributed by atoms with van der Waals surface area (Å²) in [6.07, 6.45) is 9.67. The lowest BCUT2D eigenvalue weighted by Gasteiger charge is -2.61. The van der Waals surface area contributed by atoms with Crippen LogP contribution < -0.4 is 0 Å². The number of hydrogen-bond donors (Lipinski definition) is 1. The molecule has 10 rings (SSSR count). The molecule has 1 N–H and O–H groups in total. The van der Waals surface area contributed by atoms with Crippen LogP contribution in [0.4, 0.5) is 0 Å². The Morgan fingerprint density at radius 2 is 1.46 bits per heavy atom. The molecule has 0 aromatic carbocycles. The molecular weight excluding hydrogens is 720 g/mol. The zero-order valence-corrected chi connectivity index (χ0v) is 34.4. The van der Waals surface area contributed by atoms with Crippen LogP contribution in [-0.2, 0) is 52.4 Å². The van der Waals surface area contributed by atoms with Gasteiger partial charge in [0.25, 0.3) is 0 Å². The van der Waals surface area contributed by atoms with E-state index in [2.05, 4.69) is 0 Å². The molecule has 0 aromatic rings. The van der Waals surface area contributed by atoms with Crippen molar-refractivity contribution in [2.75, 3.05) is 20.3 Å². The van der Waals surface area contributed by atoms with E-state index in [1.807, 2.05) is 13.8 Å². The predicted molar refractivity (Wildman–Crippen MR) is 199 cm³/mol. The van der Waals surface area contributed by atoms with Gasteiger partial charge in [0.15, 0.2) is 6.29 Å². The van der Waals surface area contributed by atoms with Gasteiger partial charge < -0.3 is 33.5 Å². The van der Waals surface area contributed by atoms with E-state index in [-0.39, 0.29) is 67.4 Å². The number of carbonyl (C=O) groups is 5. The summed E-state index contributed by atoms with van der Waals surface area (Å²) in [6.45, 7) is 9.58. The Bertz CT molecular complexity index is 1620. The predicted octanol–water partition coefficient (Wildman–Crippen LogP) is 6.93. The Morgan fingerprint density at radius 3 is 2.12 bits per heavy atom. The molecule has 10 aliphatic rings. The van der Waals surface area contributed by atoms with Gasteiger partial charge in [-0.15, -0.1) is 0 Å². The van der Waals surface area contributed by atoms with Crippen molar-refractivity contribution in [3.8, 4) is 0 Å². The maximum absolute atomic E-state index is 15.1. The number of carboxylic acids is 1. The van der Waals surface area contributed by atoms with Gasteiger partial charge in [0.2, 0.25) is 0 Å². The number of aliphatic carboxylic acids is 1. The van der Waals surface area contributed by atoms with Crippen LogP contribution in [0.15, 0.2) is 0 Å². The van der Waals surface area contributed by atoms with Crippen LogP contribution in [0, 0.1) is 56.7 Å². The molecule has 0 radical (unpaired) electrons. The molecule has 12 nitrogen and oxygen atoms in total. The third kappa shape index (κ3) is 6.68. The number of carboxylic acid groups (broad SMARTS) is 1. The topological polar surface area (TPSA) is 161 Å². The smallest absolute Gasteiger partial charge is 0.312 e. The molecule has 8 bridgehead atoms. The highest BCUT2D eigenvalue weighted by molar-refractivity contribution is 5.84. The van der Waals surface area contributed by atoms with E-state index in [9.17, 15) is 24.3 Å². The van der Waals surface area contributed by atoms with Gasteiger partial charge in [0.1, 0.15) is 17.8 Å². The average molecular weight is 785 g/mol. The number of methoxy groups -OCH3 is 1. The molecule has 1 spiro atoms. The molecule has 312 valence electrons. The van der Waals surface area contributed by atoms with Crippen LogP contribution in [0.1, 0.15) is 144 Å². The van der Waals surface area contributed by atoms with Gasteiger partial charge in [-0.05, 0) is 148 Å². The van der Waals surface area contributed by atoms with Crippen molar-refractivity contribution in [1.82, 2.24) is 0 Å². The summed E-state index contributed by atoms with van der Waals surface area (Å²) in [4.78, 5) is 69.6. The highest BCUT2D eigenvalue weighted by Gasteiger charge is 2.70. The third-order valence-electron chi connectivity index (χ3n) is 16.3. The van der Waals surface area contributed by atoms with Crippen LogP contribution in [0.3, 0.4) is 0 Å². The van der Waals surface area contributed by atoms with Crippen molar-refractivity contribution in [3.63, 3.8) is 0 Å². The van der Waals surface area contributed by atoms with E-state index in [1.165, 1.54) is 0 Å². The summed E-state index contributed by atoms with van der Waals surface area (Å²) in [5.74, 6) is -1.31. The lowest BCUT2D eigenvalue weighted by atomic mass is 9.44. The first-order valence-corrected chi connectivity index (χ1v) is 21.5. The lowest BCUT2D eigenvalue weighted by Crippen LogP contribution is -2.63. The summed E-state index contributed by atoms with van der Waals surface area (Å²) >= 11 is 0. The molecule has 2 saturated heterocycles. The van der Waals surface area contributed by atoms with E-state index in [0.29, 0.717) is 64.4 Å². The van der Waals surface area contributed by atoms with Crippen molar-refractivity contribution in [3.05, 3.63) is 0 Å². The molecule has 8 saturated carbocycles. The third-order valence-corrected chi connectivity index (χ3v) is 16.3. The number of hydrogen-bond acceptors (Lipinski definition) is 11. The van der Waals surface area contributed by atoms with Gasteiger partial charge in [0, 0.05) is 25.9 Å². The molecule has 11 unspecified atom stereocenters. The summed E-state index contributed by atoms with van der Waals surface area (Å²) in [6, 6.07) is 0. The van der Waals surface area contributed by atoms with E-state index in [1.54, 1.807) is 27.9 Å². The first kappa shape index (κ1) is 40.1. The van der Waals surface area contributed by atoms with Crippen molar-refractivity contribution < 1.29 is 57.5 Å². The Labute approximate surface area is 331 Å². The van der Waals surface area contributed by atoms with Crippen LogP contribution in [0.2, 0.25) is 0 Å². The number of carbonyl (C=O) groups excluding carboxylic acids is 4. The van der Waals surface area contributed by atoms with Gasteiger partial charge in [-0.1, -0.05) is 6.92 Å². The Morgan fingerprint density at radius 1 is 0.804 bits per heavy atom. The van der Waals surface area contributed by atoms with Gasteiger partial charge >= 0.3 is 29.8 Å². The summed E-state index contributed by atoms with van der Waals surface area (Å²) in [5.41, 5.74) is -6.81. The molecule has 0 aromatic heterocycles. The minimum Gasteiger partial charge on any atom is -0.481 e. The van der Waals surface area contributed by atoms with Crippen molar-refractivity contribution in [2.45, 2.75) is 167 Å². The minimum absolute atomic E-state index is 0.0353. The van der Waals surface area contributed by atoms with E-state index < -0.39 is 62.2 Å². The first-order chi connectivity index (χ1) is 26.3. The van der Waals surface area contributed by atoms with Crippen molar-refractivity contribution in [2.24, 2.45) is 56.7 Å². The fourth-order valence-electron chi connectivity index (χ4n) is 14.4. The molecule has 2 aliphatic heterocycles. The van der Waals surface area contributed by atoms with Gasteiger partial charge in [-0.3, -0.25) is 24.0 Å². The number of esters is 4. The zero-order chi connectivity index (χ0) is 40.1. The molecule has 2 heterocycles. The molecular formula is C44H64O12. The summed E-state index contributed by atoms with van der Waals surface area (Å²) < 4.78 is 36.2. The molecule has 8 aliphatic carbocycles. The zero-order valence-electron chi connectivity index (χ0n) is 34.4. The van der Waals surface area contributed by atoms with Crippen LogP contribution >= 0.6 is 0 Å². The second-order valence-electron chi connectivity index (χ2n) is 21.4. The van der Waals surface area contributed by atoms with E-state index in [4.69, 9.17) is 28.4 Å². The molecule has 10 fully saturated rings. The second kappa shape index (κ2) is 13.7. The van der Waals surface area contributed by atoms with Crippen LogP contribution in [0.25, 0.3) is 0 Å². The quantitative estimate of drug-likeness (QED) is 0.143. The largest absolute Gasteiger partial charge is 0.481 e. The Hall–Kier alpha value is -2.73. The molecule has 0 amide bonds. The normalized spacial score (nSPS) is 42.6. The van der Waals surface area contributed by atoms with Gasteiger partial charge in [-0.2, -0.15) is 0 Å². The maximum atomic E-state index is 15.1. The maximum Gasteiger partial charge on any atom is 0.312 e. The lowest BCUT2D eigenvalue weighted by molar-refractivity contribution is -0.224. The fraction of sp³-hybridized carbons (Fsp3) is 0.886. The van der Waals surface area contributed by atoms with Gasteiger partial charge in [0.05, 0.1) is 39.8 Å². The number of rotatable bonds is 14. The second-order valence-corrected chi connectivity index (χ2v) is 21.4. The monoisotopic (exact) mass is 784 g/mol. The van der Waals surface area contributed by atoms with E-state index >= 15 is 4.79 Å². The van der Waals surface area contributed by atoms with Crippen molar-refractivity contribution >= 4 is 29.8 Å². The average Bonchev–Trinajstić information content (AvgIpc) is 3.43. The Kier molecular flexibility index (Phi) is 9.78. The standard InChI is InChI=1S/C44H64O12/c1-7-39(4,35(48)52-20-30-9-8-10-32(51-6)54-30)23-40(5,36(49)56-43-17-28-12-29(19-43)31-21-53-37(50)44(31,18-28)25-43)22-38(2,3)34(47)55-42-15-26-11-27(16-42)14-41(13-26,24-42)33(45)46/h26-32H,7-25H2,1-6H3,(H,45,46). The minimum atomic E-state index is -1.34. The van der Waals surface area contributed by atoms with Gasteiger partial charge in [-0.25, -0.2) is 0 Å². The summed E-state index contributed by atoms with van der Waals surface area (Å²) in [7, 11) is 1.60. The number of cyclic esters (lactones) is 1. The van der Waals surface area contributed by atoms with Crippen LogP contribution in [0.5, 0.6) is 0 Å². The SMILES string of the molecule is CCC(C)(CC(C)(CC(C)(C)C(=O)OC12CC3CC(C1)CC(C(=O)O)(C3)C2)C(=O)OC12CC3CC(C1)C1COC(=O)C1(C3)C2)C(=O)OCC1CCCC(OC)O1. The molecule has 56 heavy (non-hydrogen) atoms. The van der Waals surface area contributed by atoms with E-state index in [0.717, 1.165) is 38.5 Å². The Balaban J connectivity index is 1.05. The highest BCUT2D eigenvalue weighted by atomic mass is 16.7. The van der Waals surface area contributed by atoms with Crippen LogP contribution in [-0.4, -0.2) is 78.9 Å². The molecule has 12 heteroatoms. The number of ether oxygens (including phenoxy) is 6. The van der Waals surface area contributed by atoms with Crippen molar-refractivity contribution in [1.29, 1.82) is 0 Å².